The highest BCUT2D eigenvalue weighted by molar-refractivity contribution is 5.94. The van der Waals surface area contributed by atoms with Crippen LogP contribution in [0.1, 0.15) is 49.9 Å². The zero-order chi connectivity index (χ0) is 21.1. The topological polar surface area (TPSA) is 47.1 Å². The van der Waals surface area contributed by atoms with E-state index in [2.05, 4.69) is 35.8 Å². The van der Waals surface area contributed by atoms with Gasteiger partial charge < -0.3 is 14.7 Å². The molecule has 0 unspecified atom stereocenters. The van der Waals surface area contributed by atoms with Crippen molar-refractivity contribution in [3.63, 3.8) is 0 Å². The molecule has 3 fully saturated rings. The molecule has 2 heterocycles. The van der Waals surface area contributed by atoms with Gasteiger partial charge in [-0.1, -0.05) is 12.8 Å². The second-order valence-electron chi connectivity index (χ2n) is 9.26. The van der Waals surface area contributed by atoms with Gasteiger partial charge in [0.05, 0.1) is 0 Å². The Morgan fingerprint density at radius 2 is 1.37 bits per heavy atom. The predicted molar refractivity (Wildman–Crippen MR) is 120 cm³/mol. The molecule has 1 aliphatic carbocycles. The number of nitrogens with zero attached hydrogens (tertiary/aromatic N) is 4. The highest BCUT2D eigenvalue weighted by Gasteiger charge is 2.30. The van der Waals surface area contributed by atoms with E-state index in [1.807, 2.05) is 21.9 Å². The summed E-state index contributed by atoms with van der Waals surface area (Å²) in [5.41, 5.74) is 1.94. The normalized spacial score (nSPS) is 21.5. The molecular formula is C24H36N4O2. The van der Waals surface area contributed by atoms with E-state index in [1.54, 1.807) is 0 Å². The molecule has 1 saturated carbocycles. The summed E-state index contributed by atoms with van der Waals surface area (Å²) < 4.78 is 0. The molecule has 6 heteroatoms. The Balaban J connectivity index is 1.28. The minimum atomic E-state index is 0.0825. The maximum absolute atomic E-state index is 12.9. The van der Waals surface area contributed by atoms with E-state index in [9.17, 15) is 9.59 Å². The summed E-state index contributed by atoms with van der Waals surface area (Å²) in [6, 6.07) is 8.68. The van der Waals surface area contributed by atoms with Crippen LogP contribution in [0.25, 0.3) is 0 Å². The third kappa shape index (κ3) is 4.64. The smallest absolute Gasteiger partial charge is 0.253 e. The summed E-state index contributed by atoms with van der Waals surface area (Å²) >= 11 is 0. The Morgan fingerprint density at radius 3 is 1.93 bits per heavy atom. The van der Waals surface area contributed by atoms with Gasteiger partial charge in [-0.05, 0) is 51.0 Å². The number of rotatable bonds is 4. The van der Waals surface area contributed by atoms with Crippen LogP contribution >= 0.6 is 0 Å². The number of hydrogen-bond donors (Lipinski definition) is 0. The van der Waals surface area contributed by atoms with Crippen LogP contribution in [-0.4, -0.2) is 84.9 Å². The monoisotopic (exact) mass is 412 g/mol. The first-order valence-electron chi connectivity index (χ1n) is 11.7. The Hall–Kier alpha value is -2.08. The highest BCUT2D eigenvalue weighted by atomic mass is 16.2. The summed E-state index contributed by atoms with van der Waals surface area (Å²) in [6.07, 6.45) is 4.43. The van der Waals surface area contributed by atoms with E-state index in [0.717, 1.165) is 44.6 Å². The van der Waals surface area contributed by atoms with Crippen LogP contribution in [0.2, 0.25) is 0 Å². The zero-order valence-electron chi connectivity index (χ0n) is 18.6. The summed E-state index contributed by atoms with van der Waals surface area (Å²) in [5, 5.41) is 0. The van der Waals surface area contributed by atoms with Crippen LogP contribution in [0.4, 0.5) is 5.69 Å². The molecule has 0 bridgehead atoms. The third-order valence-electron chi connectivity index (χ3n) is 7.11. The average molecular weight is 413 g/mol. The van der Waals surface area contributed by atoms with Gasteiger partial charge in [-0.15, -0.1) is 0 Å². The minimum Gasteiger partial charge on any atom is -0.369 e. The lowest BCUT2D eigenvalue weighted by molar-refractivity contribution is -0.136. The number of carbonyl (C=O) groups is 2. The van der Waals surface area contributed by atoms with Gasteiger partial charge in [0.15, 0.2) is 0 Å². The maximum Gasteiger partial charge on any atom is 0.253 e. The first kappa shape index (κ1) is 21.2. The fourth-order valence-corrected chi connectivity index (χ4v) is 5.05. The molecular weight excluding hydrogens is 376 g/mol. The van der Waals surface area contributed by atoms with Crippen LogP contribution in [0.3, 0.4) is 0 Å². The summed E-state index contributed by atoms with van der Waals surface area (Å²) in [6.45, 7) is 11.3. The molecule has 164 valence electrons. The largest absolute Gasteiger partial charge is 0.369 e. The summed E-state index contributed by atoms with van der Waals surface area (Å²) in [5.74, 6) is 0.614. The van der Waals surface area contributed by atoms with Crippen molar-refractivity contribution in [1.29, 1.82) is 0 Å². The van der Waals surface area contributed by atoms with Crippen molar-refractivity contribution >= 4 is 17.5 Å². The minimum absolute atomic E-state index is 0.0825. The molecule has 30 heavy (non-hydrogen) atoms. The summed E-state index contributed by atoms with van der Waals surface area (Å²) in [4.78, 5) is 34.3. The highest BCUT2D eigenvalue weighted by Crippen LogP contribution is 2.27. The van der Waals surface area contributed by atoms with Crippen LogP contribution in [0.5, 0.6) is 0 Å². The van der Waals surface area contributed by atoms with Gasteiger partial charge in [-0.2, -0.15) is 0 Å². The average Bonchev–Trinajstić information content (AvgIpc) is 3.33. The zero-order valence-corrected chi connectivity index (χ0v) is 18.6. The van der Waals surface area contributed by atoms with Crippen LogP contribution < -0.4 is 4.90 Å². The number of amides is 2. The van der Waals surface area contributed by atoms with E-state index in [-0.39, 0.29) is 11.8 Å². The van der Waals surface area contributed by atoms with Gasteiger partial charge in [0.2, 0.25) is 5.91 Å². The molecule has 3 aliphatic rings. The molecule has 0 radical (unpaired) electrons. The van der Waals surface area contributed by atoms with Crippen molar-refractivity contribution in [2.24, 2.45) is 5.92 Å². The Labute approximate surface area is 180 Å². The van der Waals surface area contributed by atoms with Crippen molar-refractivity contribution in [2.45, 2.75) is 45.6 Å². The molecule has 0 aromatic heterocycles. The van der Waals surface area contributed by atoms with Gasteiger partial charge in [-0.3, -0.25) is 14.5 Å². The maximum atomic E-state index is 12.9. The standard InChI is InChI=1S/C24H36N4O2/c1-19(2)25-11-13-26(14-12-25)22-9-7-21(8-10-22)24(30)28-17-15-27(16-18-28)23(29)20-5-3-4-6-20/h7-10,19-20H,3-6,11-18H2,1-2H3. The quantitative estimate of drug-likeness (QED) is 0.763. The van der Waals surface area contributed by atoms with Gasteiger partial charge in [0, 0.05) is 75.6 Å². The van der Waals surface area contributed by atoms with Crippen molar-refractivity contribution < 1.29 is 9.59 Å². The van der Waals surface area contributed by atoms with Crippen molar-refractivity contribution in [3.8, 4) is 0 Å². The van der Waals surface area contributed by atoms with E-state index < -0.39 is 0 Å². The van der Waals surface area contributed by atoms with E-state index >= 15 is 0 Å². The van der Waals surface area contributed by atoms with E-state index in [0.29, 0.717) is 38.1 Å². The summed E-state index contributed by atoms with van der Waals surface area (Å²) in [7, 11) is 0. The number of anilines is 1. The number of benzene rings is 1. The van der Waals surface area contributed by atoms with Crippen molar-refractivity contribution in [2.75, 3.05) is 57.3 Å². The van der Waals surface area contributed by atoms with E-state index in [4.69, 9.17) is 0 Å². The van der Waals surface area contributed by atoms with Gasteiger partial charge >= 0.3 is 0 Å². The van der Waals surface area contributed by atoms with Crippen LogP contribution in [-0.2, 0) is 4.79 Å². The molecule has 4 rings (SSSR count). The van der Waals surface area contributed by atoms with E-state index in [1.165, 1.54) is 18.5 Å². The lowest BCUT2D eigenvalue weighted by Crippen LogP contribution is -2.51. The van der Waals surface area contributed by atoms with Crippen LogP contribution in [0, 0.1) is 5.92 Å². The Kier molecular flexibility index (Phi) is 6.61. The molecule has 0 atom stereocenters. The lowest BCUT2D eigenvalue weighted by Gasteiger charge is -2.38. The first-order valence-corrected chi connectivity index (χ1v) is 11.7. The second-order valence-corrected chi connectivity index (χ2v) is 9.26. The molecule has 1 aromatic carbocycles. The van der Waals surface area contributed by atoms with Gasteiger partial charge in [0.1, 0.15) is 0 Å². The number of hydrogen-bond acceptors (Lipinski definition) is 4. The molecule has 2 amide bonds. The molecule has 6 nitrogen and oxygen atoms in total. The Morgan fingerprint density at radius 1 is 0.800 bits per heavy atom. The molecule has 0 N–H and O–H groups in total. The number of piperazine rings is 2. The van der Waals surface area contributed by atoms with Crippen LogP contribution in [0.15, 0.2) is 24.3 Å². The SMILES string of the molecule is CC(C)N1CCN(c2ccc(C(=O)N3CCN(C(=O)C4CCCC4)CC3)cc2)CC1. The van der Waals surface area contributed by atoms with Gasteiger partial charge in [-0.25, -0.2) is 0 Å². The predicted octanol–water partition coefficient (Wildman–Crippen LogP) is 2.69. The number of carbonyl (C=O) groups excluding carboxylic acids is 2. The second kappa shape index (κ2) is 9.38. The van der Waals surface area contributed by atoms with Crippen molar-refractivity contribution in [3.05, 3.63) is 29.8 Å². The molecule has 0 spiro atoms. The fraction of sp³-hybridized carbons (Fsp3) is 0.667. The molecule has 2 aliphatic heterocycles. The fourth-order valence-electron chi connectivity index (χ4n) is 5.05. The molecule has 2 saturated heterocycles. The van der Waals surface area contributed by atoms with Gasteiger partial charge in [0.25, 0.3) is 5.91 Å². The van der Waals surface area contributed by atoms with Crippen molar-refractivity contribution in [1.82, 2.24) is 14.7 Å². The lowest BCUT2D eigenvalue weighted by atomic mass is 10.1. The Bertz CT molecular complexity index is 726. The third-order valence-corrected chi connectivity index (χ3v) is 7.11. The first-order chi connectivity index (χ1) is 14.5. The molecule has 1 aromatic rings.